The largest absolute Gasteiger partial charge is 0.329 e. The van der Waals surface area contributed by atoms with Crippen molar-refractivity contribution in [3.8, 4) is 0 Å². The number of hydrogen-bond donors (Lipinski definition) is 0. The van der Waals surface area contributed by atoms with E-state index < -0.39 is 0 Å². The molecule has 0 amide bonds. The van der Waals surface area contributed by atoms with Gasteiger partial charge in [0.05, 0.1) is 6.54 Å². The average molecular weight is 360 g/mol. The van der Waals surface area contributed by atoms with E-state index in [1.807, 2.05) is 10.9 Å². The van der Waals surface area contributed by atoms with E-state index in [9.17, 15) is 0 Å². The summed E-state index contributed by atoms with van der Waals surface area (Å²) < 4.78 is 4.16. The lowest BCUT2D eigenvalue weighted by atomic mass is 9.96. The second-order valence-corrected chi connectivity index (χ2v) is 8.17. The summed E-state index contributed by atoms with van der Waals surface area (Å²) >= 11 is 0. The van der Waals surface area contributed by atoms with Crippen LogP contribution in [0.4, 0.5) is 0 Å². The Morgan fingerprint density at radius 2 is 1.74 bits per heavy atom. The maximum atomic E-state index is 4.52. The number of hydrogen-bond acceptors (Lipinski definition) is 4. The zero-order valence-corrected chi connectivity index (χ0v) is 16.0. The highest BCUT2D eigenvalue weighted by Crippen LogP contribution is 2.25. The first-order valence-corrected chi connectivity index (χ1v) is 9.16. The van der Waals surface area contributed by atoms with Crippen molar-refractivity contribution in [2.24, 2.45) is 5.41 Å². The zero-order chi connectivity index (χ0) is 18.9. The fraction of sp³-hybridized carbons (Fsp3) is 0.333. The van der Waals surface area contributed by atoms with E-state index in [1.54, 1.807) is 19.0 Å². The van der Waals surface area contributed by atoms with Crippen LogP contribution in [0, 0.1) is 5.41 Å². The fourth-order valence-electron chi connectivity index (χ4n) is 3.33. The zero-order valence-electron chi connectivity index (χ0n) is 16.0. The highest BCUT2D eigenvalue weighted by Gasteiger charge is 2.17. The molecule has 3 aromatic heterocycles. The van der Waals surface area contributed by atoms with E-state index in [0.717, 1.165) is 30.5 Å². The van der Waals surface area contributed by atoms with Gasteiger partial charge >= 0.3 is 0 Å². The molecule has 0 aliphatic heterocycles. The minimum atomic E-state index is 0.174. The van der Waals surface area contributed by atoms with Crippen molar-refractivity contribution in [2.75, 3.05) is 0 Å². The van der Waals surface area contributed by atoms with Gasteiger partial charge in [0.1, 0.15) is 24.6 Å². The summed E-state index contributed by atoms with van der Waals surface area (Å²) in [5.41, 5.74) is 4.95. The standard InChI is InChI=1S/C21H24N6/c1-21(2,3)12-27-19(9-18-10-22-13-24-20(18)27)8-16-4-6-17(7-5-16)11-26-15-23-14-25-26/h4-7,9-10,13-15H,8,11-12H2,1-3H3. The SMILES string of the molecule is CC(C)(C)Cn1c(Cc2ccc(Cn3cncn3)cc2)cc2cncnc21. The lowest BCUT2D eigenvalue weighted by Gasteiger charge is -2.21. The Kier molecular flexibility index (Phi) is 4.48. The molecule has 0 aliphatic rings. The van der Waals surface area contributed by atoms with Gasteiger partial charge < -0.3 is 4.57 Å². The molecule has 0 saturated carbocycles. The molecule has 0 bridgehead atoms. The second-order valence-electron chi connectivity index (χ2n) is 8.17. The van der Waals surface area contributed by atoms with Crippen molar-refractivity contribution >= 4 is 11.0 Å². The summed E-state index contributed by atoms with van der Waals surface area (Å²) in [6, 6.07) is 10.9. The van der Waals surface area contributed by atoms with Gasteiger partial charge in [-0.1, -0.05) is 45.0 Å². The van der Waals surface area contributed by atoms with Crippen LogP contribution in [-0.4, -0.2) is 29.3 Å². The van der Waals surface area contributed by atoms with Crippen LogP contribution in [0.25, 0.3) is 11.0 Å². The Hall–Kier alpha value is -3.02. The summed E-state index contributed by atoms with van der Waals surface area (Å²) in [6.07, 6.45) is 7.69. The summed E-state index contributed by atoms with van der Waals surface area (Å²) in [4.78, 5) is 12.7. The minimum absolute atomic E-state index is 0.174. The topological polar surface area (TPSA) is 61.4 Å². The quantitative estimate of drug-likeness (QED) is 0.544. The van der Waals surface area contributed by atoms with Gasteiger partial charge in [-0.3, -0.25) is 0 Å². The van der Waals surface area contributed by atoms with Crippen LogP contribution in [0.1, 0.15) is 37.6 Å². The van der Waals surface area contributed by atoms with Gasteiger partial charge in [0.25, 0.3) is 0 Å². The average Bonchev–Trinajstić information content (AvgIpc) is 3.24. The molecule has 27 heavy (non-hydrogen) atoms. The smallest absolute Gasteiger partial charge is 0.143 e. The van der Waals surface area contributed by atoms with Crippen molar-refractivity contribution < 1.29 is 0 Å². The van der Waals surface area contributed by atoms with Crippen LogP contribution in [0.15, 0.2) is 55.5 Å². The number of rotatable bonds is 5. The highest BCUT2D eigenvalue weighted by molar-refractivity contribution is 5.76. The van der Waals surface area contributed by atoms with Gasteiger partial charge in [0.2, 0.25) is 0 Å². The van der Waals surface area contributed by atoms with Crippen LogP contribution in [0.3, 0.4) is 0 Å². The van der Waals surface area contributed by atoms with Gasteiger partial charge in [-0.2, -0.15) is 5.10 Å². The first-order chi connectivity index (χ1) is 13.0. The maximum absolute atomic E-state index is 4.52. The number of nitrogens with zero attached hydrogens (tertiary/aromatic N) is 6. The first-order valence-electron chi connectivity index (χ1n) is 9.16. The molecule has 6 nitrogen and oxygen atoms in total. The van der Waals surface area contributed by atoms with Gasteiger partial charge in [-0.15, -0.1) is 0 Å². The van der Waals surface area contributed by atoms with Gasteiger partial charge in [-0.25, -0.2) is 19.6 Å². The molecule has 1 aromatic carbocycles. The van der Waals surface area contributed by atoms with Crippen molar-refractivity contribution in [3.05, 3.63) is 72.3 Å². The summed E-state index contributed by atoms with van der Waals surface area (Å²) in [6.45, 7) is 8.42. The van der Waals surface area contributed by atoms with E-state index in [0.29, 0.717) is 0 Å². The molecule has 0 N–H and O–H groups in total. The molecule has 4 rings (SSSR count). The van der Waals surface area contributed by atoms with Crippen molar-refractivity contribution in [1.29, 1.82) is 0 Å². The Balaban J connectivity index is 1.60. The van der Waals surface area contributed by atoms with E-state index in [2.05, 4.69) is 75.7 Å². The Morgan fingerprint density at radius 3 is 2.44 bits per heavy atom. The third-order valence-corrected chi connectivity index (χ3v) is 4.49. The first kappa shape index (κ1) is 17.4. The minimum Gasteiger partial charge on any atom is -0.329 e. The normalized spacial score (nSPS) is 12.0. The van der Waals surface area contributed by atoms with E-state index in [-0.39, 0.29) is 5.41 Å². The fourth-order valence-corrected chi connectivity index (χ4v) is 3.33. The molecule has 3 heterocycles. The van der Waals surface area contributed by atoms with Crippen molar-refractivity contribution in [2.45, 2.75) is 40.3 Å². The molecule has 0 spiro atoms. The van der Waals surface area contributed by atoms with Crippen LogP contribution in [0.2, 0.25) is 0 Å². The van der Waals surface area contributed by atoms with Crippen LogP contribution in [0.5, 0.6) is 0 Å². The monoisotopic (exact) mass is 360 g/mol. The van der Waals surface area contributed by atoms with Gasteiger partial charge in [-0.05, 0) is 22.6 Å². The molecule has 6 heteroatoms. The van der Waals surface area contributed by atoms with Crippen LogP contribution < -0.4 is 0 Å². The van der Waals surface area contributed by atoms with Crippen molar-refractivity contribution in [1.82, 2.24) is 29.3 Å². The summed E-state index contributed by atoms with van der Waals surface area (Å²) in [5.74, 6) is 0. The Labute approximate surface area is 158 Å². The molecule has 0 aliphatic carbocycles. The number of fused-ring (bicyclic) bond motifs is 1. The molecule has 0 saturated heterocycles. The second kappa shape index (κ2) is 6.95. The third kappa shape index (κ3) is 4.05. The molecule has 0 fully saturated rings. The molecule has 0 atom stereocenters. The predicted octanol–water partition coefficient (Wildman–Crippen LogP) is 3.71. The van der Waals surface area contributed by atoms with E-state index in [4.69, 9.17) is 0 Å². The lowest BCUT2D eigenvalue weighted by Crippen LogP contribution is -2.17. The number of aromatic nitrogens is 6. The Bertz CT molecular complexity index is 1020. The molecule has 138 valence electrons. The predicted molar refractivity (Wildman–Crippen MR) is 105 cm³/mol. The molecule has 0 unspecified atom stereocenters. The third-order valence-electron chi connectivity index (χ3n) is 4.49. The van der Waals surface area contributed by atoms with E-state index >= 15 is 0 Å². The van der Waals surface area contributed by atoms with Gasteiger partial charge in [0, 0.05) is 30.2 Å². The van der Waals surface area contributed by atoms with Crippen LogP contribution >= 0.6 is 0 Å². The highest BCUT2D eigenvalue weighted by atomic mass is 15.3. The summed E-state index contributed by atoms with van der Waals surface area (Å²) in [7, 11) is 0. The summed E-state index contributed by atoms with van der Waals surface area (Å²) in [5, 5.41) is 5.26. The van der Waals surface area contributed by atoms with Crippen LogP contribution in [-0.2, 0) is 19.5 Å². The molecular weight excluding hydrogens is 336 g/mol. The Morgan fingerprint density at radius 1 is 0.963 bits per heavy atom. The maximum Gasteiger partial charge on any atom is 0.143 e. The lowest BCUT2D eigenvalue weighted by molar-refractivity contribution is 0.344. The molecule has 0 radical (unpaired) electrons. The van der Waals surface area contributed by atoms with Crippen molar-refractivity contribution in [3.63, 3.8) is 0 Å². The molecular formula is C21H24N6. The molecule has 4 aromatic rings. The van der Waals surface area contributed by atoms with Gasteiger partial charge in [0.15, 0.2) is 0 Å². The van der Waals surface area contributed by atoms with E-state index in [1.165, 1.54) is 16.8 Å². The number of benzene rings is 1.